The average molecular weight is 300 g/mol. The molecule has 1 saturated heterocycles. The molecule has 0 spiro atoms. The fraction of sp³-hybridized carbons (Fsp3) is 0.933. The van der Waals surface area contributed by atoms with Crippen LogP contribution in [-0.2, 0) is 14.3 Å². The Morgan fingerprint density at radius 1 is 1.48 bits per heavy atom. The summed E-state index contributed by atoms with van der Waals surface area (Å²) in [6.45, 7) is 9.28. The van der Waals surface area contributed by atoms with Crippen molar-refractivity contribution in [3.05, 3.63) is 0 Å². The SMILES string of the molecule is CCOC1CC(N)(C(=O)N2CC(C)OC(CO)C2)C1(C)C. The van der Waals surface area contributed by atoms with Crippen molar-refractivity contribution in [3.8, 4) is 0 Å². The lowest BCUT2D eigenvalue weighted by atomic mass is 9.54. The summed E-state index contributed by atoms with van der Waals surface area (Å²) in [7, 11) is 0. The van der Waals surface area contributed by atoms with Crippen LogP contribution in [0, 0.1) is 5.41 Å². The molecule has 0 aromatic carbocycles. The Balaban J connectivity index is 2.09. The van der Waals surface area contributed by atoms with E-state index in [1.54, 1.807) is 4.90 Å². The highest BCUT2D eigenvalue weighted by Crippen LogP contribution is 2.50. The molecule has 1 amide bonds. The maximum atomic E-state index is 12.9. The molecule has 2 rings (SSSR count). The Hall–Kier alpha value is -0.690. The minimum atomic E-state index is -0.899. The lowest BCUT2D eigenvalue weighted by molar-refractivity contribution is -0.187. The van der Waals surface area contributed by atoms with Crippen molar-refractivity contribution in [2.75, 3.05) is 26.3 Å². The van der Waals surface area contributed by atoms with Crippen LogP contribution in [0.3, 0.4) is 0 Å². The van der Waals surface area contributed by atoms with Crippen LogP contribution in [-0.4, -0.2) is 66.1 Å². The third-order valence-corrected chi connectivity index (χ3v) is 5.03. The molecule has 4 unspecified atom stereocenters. The van der Waals surface area contributed by atoms with Gasteiger partial charge in [0, 0.05) is 31.5 Å². The van der Waals surface area contributed by atoms with E-state index in [-0.39, 0.29) is 30.8 Å². The van der Waals surface area contributed by atoms with Gasteiger partial charge in [-0.25, -0.2) is 0 Å². The summed E-state index contributed by atoms with van der Waals surface area (Å²) in [5.74, 6) is -0.0583. The number of hydrogen-bond donors (Lipinski definition) is 2. The summed E-state index contributed by atoms with van der Waals surface area (Å²) in [5.41, 5.74) is 5.14. The number of nitrogens with zero attached hydrogens (tertiary/aromatic N) is 1. The van der Waals surface area contributed by atoms with Crippen molar-refractivity contribution in [2.24, 2.45) is 11.1 Å². The number of ether oxygens (including phenoxy) is 2. The second kappa shape index (κ2) is 5.83. The minimum Gasteiger partial charge on any atom is -0.394 e. The largest absolute Gasteiger partial charge is 0.394 e. The van der Waals surface area contributed by atoms with Crippen molar-refractivity contribution in [3.63, 3.8) is 0 Å². The van der Waals surface area contributed by atoms with Crippen LogP contribution in [0.4, 0.5) is 0 Å². The van der Waals surface area contributed by atoms with E-state index in [0.717, 1.165) is 0 Å². The number of morpholine rings is 1. The van der Waals surface area contributed by atoms with Gasteiger partial charge in [-0.05, 0) is 13.8 Å². The summed E-state index contributed by atoms with van der Waals surface area (Å²) in [6, 6.07) is 0. The highest BCUT2D eigenvalue weighted by Gasteiger charge is 2.64. The number of carbonyl (C=O) groups excluding carboxylic acids is 1. The van der Waals surface area contributed by atoms with Crippen molar-refractivity contribution < 1.29 is 19.4 Å². The summed E-state index contributed by atoms with van der Waals surface area (Å²) in [6.07, 6.45) is 0.146. The highest BCUT2D eigenvalue weighted by molar-refractivity contribution is 5.89. The number of aliphatic hydroxyl groups is 1. The molecule has 0 bridgehead atoms. The maximum absolute atomic E-state index is 12.9. The Morgan fingerprint density at radius 2 is 2.14 bits per heavy atom. The molecule has 0 radical (unpaired) electrons. The lowest BCUT2D eigenvalue weighted by Gasteiger charge is -2.59. The van der Waals surface area contributed by atoms with Crippen molar-refractivity contribution in [2.45, 2.75) is 58.0 Å². The number of hydrogen-bond acceptors (Lipinski definition) is 5. The summed E-state index contributed by atoms with van der Waals surface area (Å²) < 4.78 is 11.3. The van der Waals surface area contributed by atoms with E-state index in [4.69, 9.17) is 15.2 Å². The minimum absolute atomic E-state index is 0.0172. The maximum Gasteiger partial charge on any atom is 0.243 e. The van der Waals surface area contributed by atoms with Crippen LogP contribution in [0.15, 0.2) is 0 Å². The van der Waals surface area contributed by atoms with Crippen LogP contribution in [0.2, 0.25) is 0 Å². The van der Waals surface area contributed by atoms with Gasteiger partial charge in [-0.2, -0.15) is 0 Å². The van der Waals surface area contributed by atoms with E-state index >= 15 is 0 Å². The van der Waals surface area contributed by atoms with E-state index in [1.165, 1.54) is 0 Å². The predicted molar refractivity (Wildman–Crippen MR) is 78.7 cm³/mol. The molecular formula is C15H28N2O4. The van der Waals surface area contributed by atoms with Gasteiger partial charge in [0.15, 0.2) is 0 Å². The van der Waals surface area contributed by atoms with E-state index in [9.17, 15) is 9.90 Å². The van der Waals surface area contributed by atoms with Gasteiger partial charge in [-0.15, -0.1) is 0 Å². The van der Waals surface area contributed by atoms with Gasteiger partial charge in [0.1, 0.15) is 5.54 Å². The predicted octanol–water partition coefficient (Wildman–Crippen LogP) is 0.127. The molecule has 1 saturated carbocycles. The molecule has 1 aliphatic heterocycles. The quantitative estimate of drug-likeness (QED) is 0.771. The second-order valence-electron chi connectivity index (χ2n) is 6.80. The molecule has 2 fully saturated rings. The van der Waals surface area contributed by atoms with Crippen molar-refractivity contribution in [1.29, 1.82) is 0 Å². The lowest BCUT2D eigenvalue weighted by Crippen LogP contribution is -2.76. The highest BCUT2D eigenvalue weighted by atomic mass is 16.5. The smallest absolute Gasteiger partial charge is 0.243 e. The Kier molecular flexibility index (Phi) is 4.63. The zero-order chi connectivity index (χ0) is 15.8. The van der Waals surface area contributed by atoms with Gasteiger partial charge >= 0.3 is 0 Å². The number of nitrogens with two attached hydrogens (primary N) is 1. The van der Waals surface area contributed by atoms with Crippen LogP contribution in [0.1, 0.15) is 34.1 Å². The first kappa shape index (κ1) is 16.7. The summed E-state index contributed by atoms with van der Waals surface area (Å²) in [5, 5.41) is 9.28. The Labute approximate surface area is 126 Å². The third kappa shape index (κ3) is 2.70. The number of amides is 1. The Bertz CT molecular complexity index is 401. The number of rotatable bonds is 4. The van der Waals surface area contributed by atoms with Gasteiger partial charge in [0.25, 0.3) is 0 Å². The topological polar surface area (TPSA) is 85.0 Å². The molecule has 0 aromatic rings. The van der Waals surface area contributed by atoms with E-state index < -0.39 is 11.0 Å². The monoisotopic (exact) mass is 300 g/mol. The van der Waals surface area contributed by atoms with E-state index in [1.807, 2.05) is 27.7 Å². The van der Waals surface area contributed by atoms with Gasteiger partial charge in [-0.1, -0.05) is 13.8 Å². The molecule has 122 valence electrons. The summed E-state index contributed by atoms with van der Waals surface area (Å²) in [4.78, 5) is 14.6. The molecule has 21 heavy (non-hydrogen) atoms. The van der Waals surface area contributed by atoms with Crippen LogP contribution in [0.25, 0.3) is 0 Å². The molecule has 3 N–H and O–H groups in total. The van der Waals surface area contributed by atoms with Gasteiger partial charge < -0.3 is 25.2 Å². The molecule has 1 heterocycles. The molecule has 2 aliphatic rings. The van der Waals surface area contributed by atoms with Crippen molar-refractivity contribution in [1.82, 2.24) is 4.90 Å². The summed E-state index contributed by atoms with van der Waals surface area (Å²) >= 11 is 0. The molecular weight excluding hydrogens is 272 g/mol. The van der Waals surface area contributed by atoms with Crippen LogP contribution >= 0.6 is 0 Å². The van der Waals surface area contributed by atoms with Gasteiger partial charge in [0.2, 0.25) is 5.91 Å². The molecule has 6 heteroatoms. The normalized spacial score (nSPS) is 39.0. The average Bonchev–Trinajstić information content (AvgIpc) is 2.45. The van der Waals surface area contributed by atoms with E-state index in [0.29, 0.717) is 26.1 Å². The first-order chi connectivity index (χ1) is 9.76. The zero-order valence-corrected chi connectivity index (χ0v) is 13.5. The van der Waals surface area contributed by atoms with Crippen LogP contribution in [0.5, 0.6) is 0 Å². The fourth-order valence-electron chi connectivity index (χ4n) is 3.39. The zero-order valence-electron chi connectivity index (χ0n) is 13.5. The standard InChI is InChI=1S/C15H28N2O4/c1-5-20-12-6-15(16,14(12,3)4)13(19)17-7-10(2)21-11(8-17)9-18/h10-12,18H,5-9,16H2,1-4H3. The number of carbonyl (C=O) groups is 1. The molecule has 6 nitrogen and oxygen atoms in total. The Morgan fingerprint density at radius 3 is 2.67 bits per heavy atom. The third-order valence-electron chi connectivity index (χ3n) is 5.03. The van der Waals surface area contributed by atoms with Crippen molar-refractivity contribution >= 4 is 5.91 Å². The van der Waals surface area contributed by atoms with Gasteiger partial charge in [-0.3, -0.25) is 4.79 Å². The second-order valence-corrected chi connectivity index (χ2v) is 6.80. The first-order valence-corrected chi connectivity index (χ1v) is 7.72. The number of aliphatic hydroxyl groups excluding tert-OH is 1. The van der Waals surface area contributed by atoms with Crippen LogP contribution < -0.4 is 5.73 Å². The molecule has 1 aliphatic carbocycles. The fourth-order valence-corrected chi connectivity index (χ4v) is 3.39. The van der Waals surface area contributed by atoms with Gasteiger partial charge in [0.05, 0.1) is 24.9 Å². The first-order valence-electron chi connectivity index (χ1n) is 7.72. The molecule has 4 atom stereocenters. The molecule has 0 aromatic heterocycles. The van der Waals surface area contributed by atoms with E-state index in [2.05, 4.69) is 0 Å².